The van der Waals surface area contributed by atoms with E-state index in [2.05, 4.69) is 10.3 Å². The fourth-order valence-electron chi connectivity index (χ4n) is 5.39. The van der Waals surface area contributed by atoms with Crippen LogP contribution in [0.2, 0.25) is 5.02 Å². The maximum Gasteiger partial charge on any atom is 0.305 e. The lowest BCUT2D eigenvalue weighted by Gasteiger charge is -2.30. The van der Waals surface area contributed by atoms with E-state index in [4.69, 9.17) is 26.2 Å². The first-order valence-corrected chi connectivity index (χ1v) is 17.4. The zero-order valence-corrected chi connectivity index (χ0v) is 27.1. The van der Waals surface area contributed by atoms with Crippen LogP contribution in [0.15, 0.2) is 81.4 Å². The first-order chi connectivity index (χ1) is 21.9. The number of primary sulfonamides is 1. The Balaban J connectivity index is 1.27. The summed E-state index contributed by atoms with van der Waals surface area (Å²) in [5.74, 6) is -2.19. The highest BCUT2D eigenvalue weighted by Crippen LogP contribution is 2.53. The van der Waals surface area contributed by atoms with Gasteiger partial charge in [-0.1, -0.05) is 40.8 Å². The van der Waals surface area contributed by atoms with Gasteiger partial charge in [-0.05, 0) is 73.2 Å². The average molecular weight is 701 g/mol. The van der Waals surface area contributed by atoms with Gasteiger partial charge in [0.1, 0.15) is 5.25 Å². The van der Waals surface area contributed by atoms with E-state index in [0.717, 1.165) is 11.3 Å². The third-order valence-corrected chi connectivity index (χ3v) is 10.9. The summed E-state index contributed by atoms with van der Waals surface area (Å²) < 4.78 is 34.6. The maximum atomic E-state index is 13.9. The number of benzene rings is 3. The van der Waals surface area contributed by atoms with Gasteiger partial charge in [0, 0.05) is 21.5 Å². The SMILES string of the molecule is CCOc1cc([C@@H]2c3sc(=O)[nH]c3S[C@H]3C(=O)N(c4ccc(Cl)cc4)C(=O)[C@@H]23)ccc1OCC(=O)Nc1ccc(S(N)(=O)=O)cc1. The highest BCUT2D eigenvalue weighted by molar-refractivity contribution is 8.00. The van der Waals surface area contributed by atoms with Crippen LogP contribution in [0, 0.1) is 5.92 Å². The minimum Gasteiger partial charge on any atom is -0.490 e. The first-order valence-electron chi connectivity index (χ1n) is 13.8. The van der Waals surface area contributed by atoms with Crippen LogP contribution in [0.1, 0.15) is 23.3 Å². The number of nitrogens with two attached hydrogens (primary N) is 1. The fraction of sp³-hybridized carbons (Fsp3) is 0.200. The summed E-state index contributed by atoms with van der Waals surface area (Å²) in [4.78, 5) is 56.9. The molecule has 0 bridgehead atoms. The number of aromatic amines is 1. The molecule has 0 saturated carbocycles. The number of H-pyrrole nitrogens is 1. The molecule has 0 radical (unpaired) electrons. The van der Waals surface area contributed by atoms with Gasteiger partial charge in [-0.15, -0.1) is 0 Å². The number of nitrogens with one attached hydrogen (secondary N) is 2. The molecule has 3 atom stereocenters. The molecule has 238 valence electrons. The molecule has 3 aromatic carbocycles. The normalized spacial score (nSPS) is 19.0. The predicted octanol–water partition coefficient (Wildman–Crippen LogP) is 3.95. The van der Waals surface area contributed by atoms with Crippen molar-refractivity contribution in [1.29, 1.82) is 0 Å². The molecule has 1 fully saturated rings. The molecular formula is C30H25ClN4O8S3. The number of carbonyl (C=O) groups excluding carboxylic acids is 3. The number of sulfonamides is 1. The second-order valence-electron chi connectivity index (χ2n) is 10.3. The Morgan fingerprint density at radius 1 is 1.00 bits per heavy atom. The number of aromatic nitrogens is 1. The number of halogens is 1. The lowest BCUT2D eigenvalue weighted by Crippen LogP contribution is -2.32. The van der Waals surface area contributed by atoms with Crippen LogP contribution >= 0.6 is 34.7 Å². The van der Waals surface area contributed by atoms with Crippen molar-refractivity contribution in [3.8, 4) is 11.5 Å². The molecule has 0 unspecified atom stereocenters. The number of ether oxygens (including phenoxy) is 2. The van der Waals surface area contributed by atoms with Crippen molar-refractivity contribution in [2.45, 2.75) is 28.0 Å². The molecule has 0 aliphatic carbocycles. The maximum absolute atomic E-state index is 13.9. The summed E-state index contributed by atoms with van der Waals surface area (Å²) in [7, 11) is -3.87. The van der Waals surface area contributed by atoms with Crippen molar-refractivity contribution >= 4 is 73.8 Å². The van der Waals surface area contributed by atoms with Crippen LogP contribution in [0.3, 0.4) is 0 Å². The van der Waals surface area contributed by atoms with E-state index in [-0.39, 0.29) is 28.0 Å². The molecule has 3 amide bonds. The standard InChI is InChI=1S/C30H25ClN4O8S3/c1-2-42-21-13-15(3-12-20(21)43-14-22(36)33-17-6-10-19(11-7-17)46(32,40)41)23-24-26(44-27-25(23)45-30(39)34-27)29(38)35(28(24)37)18-8-4-16(31)5-9-18/h3-13,23-24,26H,2,14H2,1H3,(H,33,36)(H,34,39)(H2,32,40,41)/t23-,24-,26+/m0/s1. The fourth-order valence-corrected chi connectivity index (χ4v) is 8.55. The quantitative estimate of drug-likeness (QED) is 0.218. The zero-order valence-electron chi connectivity index (χ0n) is 23.9. The van der Waals surface area contributed by atoms with Gasteiger partial charge in [0.05, 0.1) is 28.1 Å². The zero-order chi connectivity index (χ0) is 32.7. The molecule has 4 aromatic rings. The molecule has 6 rings (SSSR count). The number of thioether (sulfide) groups is 1. The number of anilines is 2. The van der Waals surface area contributed by atoms with Crippen LogP contribution in [-0.4, -0.2) is 49.6 Å². The van der Waals surface area contributed by atoms with Crippen molar-refractivity contribution in [2.24, 2.45) is 11.1 Å². The third-order valence-electron chi connectivity index (χ3n) is 7.36. The summed E-state index contributed by atoms with van der Waals surface area (Å²) in [6.07, 6.45) is 0. The van der Waals surface area contributed by atoms with Crippen molar-refractivity contribution in [3.63, 3.8) is 0 Å². The Labute approximate surface area is 275 Å². The number of nitrogens with zero attached hydrogens (tertiary/aromatic N) is 1. The van der Waals surface area contributed by atoms with Gasteiger partial charge in [0.15, 0.2) is 18.1 Å². The molecular weight excluding hydrogens is 676 g/mol. The monoisotopic (exact) mass is 700 g/mol. The summed E-state index contributed by atoms with van der Waals surface area (Å²) >= 11 is 8.19. The minimum atomic E-state index is -3.87. The third kappa shape index (κ3) is 6.16. The number of hydrogen-bond donors (Lipinski definition) is 3. The Kier molecular flexibility index (Phi) is 8.69. The summed E-state index contributed by atoms with van der Waals surface area (Å²) in [6.45, 7) is 1.65. The van der Waals surface area contributed by atoms with E-state index < -0.39 is 45.5 Å². The average Bonchev–Trinajstić information content (AvgIpc) is 3.51. The molecule has 2 aliphatic rings. The highest BCUT2D eigenvalue weighted by Gasteiger charge is 2.56. The van der Waals surface area contributed by atoms with Gasteiger partial charge < -0.3 is 19.8 Å². The van der Waals surface area contributed by atoms with Crippen LogP contribution in [0.5, 0.6) is 11.5 Å². The first kappa shape index (κ1) is 31.8. The Bertz CT molecular complexity index is 2010. The van der Waals surface area contributed by atoms with E-state index in [0.29, 0.717) is 37.6 Å². The molecule has 46 heavy (non-hydrogen) atoms. The molecule has 12 nitrogen and oxygen atoms in total. The van der Waals surface area contributed by atoms with Gasteiger partial charge in [-0.3, -0.25) is 19.2 Å². The molecule has 3 heterocycles. The highest BCUT2D eigenvalue weighted by atomic mass is 35.5. The van der Waals surface area contributed by atoms with E-state index in [1.807, 2.05) is 0 Å². The number of hydrogen-bond acceptors (Lipinski definition) is 10. The van der Waals surface area contributed by atoms with Gasteiger partial charge in [0.2, 0.25) is 21.8 Å². The number of fused-ring (bicyclic) bond motifs is 2. The van der Waals surface area contributed by atoms with E-state index in [9.17, 15) is 27.6 Å². The molecule has 2 aliphatic heterocycles. The molecule has 1 aromatic heterocycles. The van der Waals surface area contributed by atoms with Crippen molar-refractivity contribution in [2.75, 3.05) is 23.4 Å². The van der Waals surface area contributed by atoms with E-state index in [1.165, 1.54) is 40.9 Å². The second kappa shape index (κ2) is 12.6. The summed E-state index contributed by atoms with van der Waals surface area (Å²) in [5.41, 5.74) is 1.37. The number of rotatable bonds is 9. The van der Waals surface area contributed by atoms with Crippen LogP contribution in [0.4, 0.5) is 11.4 Å². The predicted molar refractivity (Wildman–Crippen MR) is 173 cm³/mol. The van der Waals surface area contributed by atoms with Crippen molar-refractivity contribution < 1.29 is 32.3 Å². The van der Waals surface area contributed by atoms with E-state index in [1.54, 1.807) is 49.4 Å². The minimum absolute atomic E-state index is 0.0912. The second-order valence-corrected chi connectivity index (χ2v) is 14.4. The van der Waals surface area contributed by atoms with Crippen molar-refractivity contribution in [3.05, 3.63) is 91.9 Å². The van der Waals surface area contributed by atoms with Crippen LogP contribution in [-0.2, 0) is 24.4 Å². The summed E-state index contributed by atoms with van der Waals surface area (Å²) in [5, 5.41) is 7.96. The topological polar surface area (TPSA) is 178 Å². The molecule has 16 heteroatoms. The molecule has 0 spiro atoms. The number of amides is 3. The lowest BCUT2D eigenvalue weighted by molar-refractivity contribution is -0.122. The Hall–Kier alpha value is -4.15. The van der Waals surface area contributed by atoms with Crippen LogP contribution in [0.25, 0.3) is 0 Å². The molecule has 1 saturated heterocycles. The lowest BCUT2D eigenvalue weighted by atomic mass is 9.83. The van der Waals surface area contributed by atoms with Crippen molar-refractivity contribution in [1.82, 2.24) is 4.98 Å². The summed E-state index contributed by atoms with van der Waals surface area (Å²) in [6, 6.07) is 16.8. The number of thiazole rings is 1. The van der Waals surface area contributed by atoms with Gasteiger partial charge in [-0.2, -0.15) is 0 Å². The van der Waals surface area contributed by atoms with Gasteiger partial charge in [0.25, 0.3) is 5.91 Å². The number of imide groups is 1. The van der Waals surface area contributed by atoms with Gasteiger partial charge in [-0.25, -0.2) is 18.5 Å². The largest absolute Gasteiger partial charge is 0.490 e. The van der Waals surface area contributed by atoms with E-state index >= 15 is 0 Å². The number of carbonyl (C=O) groups is 3. The Morgan fingerprint density at radius 3 is 2.39 bits per heavy atom. The molecule has 4 N–H and O–H groups in total. The Morgan fingerprint density at radius 2 is 1.72 bits per heavy atom. The smallest absolute Gasteiger partial charge is 0.305 e. The van der Waals surface area contributed by atoms with Gasteiger partial charge >= 0.3 is 4.87 Å². The van der Waals surface area contributed by atoms with Crippen LogP contribution < -0.4 is 29.7 Å².